The van der Waals surface area contributed by atoms with E-state index in [0.717, 1.165) is 17.7 Å². The SMILES string of the molecule is C[C@@H]1CN(C(=O)Cc2ccsc2)C[C@H]1c1nc(-c2ccncc2)no1. The summed E-state index contributed by atoms with van der Waals surface area (Å²) in [7, 11) is 0. The average Bonchev–Trinajstić information content (AvgIpc) is 3.36. The predicted molar refractivity (Wildman–Crippen MR) is 94.0 cm³/mol. The zero-order chi connectivity index (χ0) is 17.2. The third-order valence-corrected chi connectivity index (χ3v) is 5.33. The Kier molecular flexibility index (Phi) is 4.31. The van der Waals surface area contributed by atoms with Gasteiger partial charge in [0.1, 0.15) is 0 Å². The lowest BCUT2D eigenvalue weighted by atomic mass is 9.98. The van der Waals surface area contributed by atoms with E-state index in [4.69, 9.17) is 4.52 Å². The quantitative estimate of drug-likeness (QED) is 0.720. The van der Waals surface area contributed by atoms with Gasteiger partial charge in [-0.05, 0) is 40.4 Å². The molecule has 0 N–H and O–H groups in total. The van der Waals surface area contributed by atoms with Gasteiger partial charge in [0.25, 0.3) is 0 Å². The maximum Gasteiger partial charge on any atom is 0.232 e. The predicted octanol–water partition coefficient (Wildman–Crippen LogP) is 3.00. The fourth-order valence-corrected chi connectivity index (χ4v) is 3.84. The molecule has 1 aliphatic heterocycles. The van der Waals surface area contributed by atoms with E-state index < -0.39 is 0 Å². The molecule has 3 aromatic heterocycles. The van der Waals surface area contributed by atoms with E-state index in [2.05, 4.69) is 22.0 Å². The molecule has 7 heteroatoms. The van der Waals surface area contributed by atoms with Gasteiger partial charge in [-0.2, -0.15) is 16.3 Å². The lowest BCUT2D eigenvalue weighted by Gasteiger charge is -2.15. The summed E-state index contributed by atoms with van der Waals surface area (Å²) in [6.07, 6.45) is 3.86. The minimum absolute atomic E-state index is 0.0783. The second-order valence-corrected chi connectivity index (χ2v) is 7.16. The minimum atomic E-state index is 0.0783. The van der Waals surface area contributed by atoms with Crippen molar-refractivity contribution in [2.75, 3.05) is 13.1 Å². The van der Waals surface area contributed by atoms with Crippen molar-refractivity contribution in [2.24, 2.45) is 5.92 Å². The number of hydrogen-bond acceptors (Lipinski definition) is 6. The van der Waals surface area contributed by atoms with Crippen molar-refractivity contribution in [3.63, 3.8) is 0 Å². The van der Waals surface area contributed by atoms with E-state index in [0.29, 0.717) is 24.7 Å². The number of pyridine rings is 1. The molecule has 0 bridgehead atoms. The van der Waals surface area contributed by atoms with Crippen LogP contribution in [0.15, 0.2) is 45.9 Å². The molecule has 4 rings (SSSR count). The Balaban J connectivity index is 1.46. The number of thiophene rings is 1. The monoisotopic (exact) mass is 354 g/mol. The molecular formula is C18H18N4O2S. The fourth-order valence-electron chi connectivity index (χ4n) is 3.18. The first kappa shape index (κ1) is 16.0. The van der Waals surface area contributed by atoms with Crippen molar-refractivity contribution in [3.05, 3.63) is 52.8 Å². The number of likely N-dealkylation sites (tertiary alicyclic amines) is 1. The molecule has 4 heterocycles. The van der Waals surface area contributed by atoms with Crippen LogP contribution in [0.25, 0.3) is 11.4 Å². The van der Waals surface area contributed by atoms with Gasteiger partial charge in [-0.25, -0.2) is 0 Å². The lowest BCUT2D eigenvalue weighted by molar-refractivity contribution is -0.129. The number of rotatable bonds is 4. The summed E-state index contributed by atoms with van der Waals surface area (Å²) < 4.78 is 5.49. The van der Waals surface area contributed by atoms with Crippen LogP contribution in [0.4, 0.5) is 0 Å². The van der Waals surface area contributed by atoms with Crippen LogP contribution >= 0.6 is 11.3 Å². The van der Waals surface area contributed by atoms with E-state index in [-0.39, 0.29) is 17.7 Å². The van der Waals surface area contributed by atoms with Gasteiger partial charge in [0, 0.05) is 31.0 Å². The van der Waals surface area contributed by atoms with Crippen LogP contribution in [-0.2, 0) is 11.2 Å². The molecule has 2 atom stereocenters. The van der Waals surface area contributed by atoms with Crippen LogP contribution in [-0.4, -0.2) is 39.0 Å². The Labute approximate surface area is 149 Å². The number of amides is 1. The van der Waals surface area contributed by atoms with Gasteiger partial charge in [-0.1, -0.05) is 12.1 Å². The zero-order valence-corrected chi connectivity index (χ0v) is 14.6. The minimum Gasteiger partial charge on any atom is -0.341 e. The normalized spacial score (nSPS) is 20.1. The molecule has 128 valence electrons. The summed E-state index contributed by atoms with van der Waals surface area (Å²) in [5.74, 6) is 1.69. The Bertz CT molecular complexity index is 847. The van der Waals surface area contributed by atoms with Crippen molar-refractivity contribution in [1.29, 1.82) is 0 Å². The van der Waals surface area contributed by atoms with E-state index >= 15 is 0 Å². The zero-order valence-electron chi connectivity index (χ0n) is 13.8. The number of carbonyl (C=O) groups is 1. The van der Waals surface area contributed by atoms with E-state index in [9.17, 15) is 4.79 Å². The number of hydrogen-bond donors (Lipinski definition) is 0. The molecule has 0 unspecified atom stereocenters. The topological polar surface area (TPSA) is 72.1 Å². The molecule has 1 fully saturated rings. The van der Waals surface area contributed by atoms with Crippen LogP contribution in [0.2, 0.25) is 0 Å². The maximum atomic E-state index is 12.5. The van der Waals surface area contributed by atoms with Crippen LogP contribution in [0.1, 0.15) is 24.3 Å². The van der Waals surface area contributed by atoms with Crippen LogP contribution in [0.3, 0.4) is 0 Å². The van der Waals surface area contributed by atoms with Gasteiger partial charge in [-0.15, -0.1) is 0 Å². The van der Waals surface area contributed by atoms with Crippen molar-refractivity contribution < 1.29 is 9.32 Å². The molecule has 0 aliphatic carbocycles. The van der Waals surface area contributed by atoms with Crippen LogP contribution < -0.4 is 0 Å². The Morgan fingerprint density at radius 1 is 1.32 bits per heavy atom. The number of nitrogens with zero attached hydrogens (tertiary/aromatic N) is 4. The Hall–Kier alpha value is -2.54. The van der Waals surface area contributed by atoms with E-state index in [1.54, 1.807) is 23.7 Å². The molecule has 0 aromatic carbocycles. The van der Waals surface area contributed by atoms with Gasteiger partial charge in [0.2, 0.25) is 17.6 Å². The molecule has 1 aliphatic rings. The third kappa shape index (κ3) is 3.32. The molecule has 1 saturated heterocycles. The Morgan fingerprint density at radius 3 is 2.92 bits per heavy atom. The highest BCUT2D eigenvalue weighted by Crippen LogP contribution is 2.32. The van der Waals surface area contributed by atoms with Crippen LogP contribution in [0.5, 0.6) is 0 Å². The van der Waals surface area contributed by atoms with Gasteiger partial charge in [0.15, 0.2) is 0 Å². The van der Waals surface area contributed by atoms with E-state index in [1.165, 1.54) is 0 Å². The maximum absolute atomic E-state index is 12.5. The summed E-state index contributed by atoms with van der Waals surface area (Å²) >= 11 is 1.61. The van der Waals surface area contributed by atoms with Gasteiger partial charge in [0.05, 0.1) is 12.3 Å². The molecule has 6 nitrogen and oxygen atoms in total. The van der Waals surface area contributed by atoms with Crippen molar-refractivity contribution in [1.82, 2.24) is 20.0 Å². The average molecular weight is 354 g/mol. The fraction of sp³-hybridized carbons (Fsp3) is 0.333. The molecular weight excluding hydrogens is 336 g/mol. The highest BCUT2D eigenvalue weighted by molar-refractivity contribution is 7.08. The van der Waals surface area contributed by atoms with Crippen molar-refractivity contribution in [3.8, 4) is 11.4 Å². The van der Waals surface area contributed by atoms with Gasteiger partial charge < -0.3 is 9.42 Å². The molecule has 0 saturated carbocycles. The first-order valence-electron chi connectivity index (χ1n) is 8.23. The first-order chi connectivity index (χ1) is 12.2. The second-order valence-electron chi connectivity index (χ2n) is 6.38. The largest absolute Gasteiger partial charge is 0.341 e. The summed E-state index contributed by atoms with van der Waals surface area (Å²) in [6.45, 7) is 3.47. The number of aromatic nitrogens is 3. The van der Waals surface area contributed by atoms with E-state index in [1.807, 2.05) is 33.9 Å². The summed E-state index contributed by atoms with van der Waals surface area (Å²) in [6, 6.07) is 5.70. The lowest BCUT2D eigenvalue weighted by Crippen LogP contribution is -2.30. The van der Waals surface area contributed by atoms with Crippen molar-refractivity contribution >= 4 is 17.2 Å². The highest BCUT2D eigenvalue weighted by atomic mass is 32.1. The molecule has 3 aromatic rings. The third-order valence-electron chi connectivity index (χ3n) is 4.60. The van der Waals surface area contributed by atoms with Gasteiger partial charge >= 0.3 is 0 Å². The summed E-state index contributed by atoms with van der Waals surface area (Å²) in [5.41, 5.74) is 1.95. The van der Waals surface area contributed by atoms with Crippen LogP contribution in [0, 0.1) is 5.92 Å². The molecule has 0 spiro atoms. The first-order valence-corrected chi connectivity index (χ1v) is 9.18. The second kappa shape index (κ2) is 6.76. The molecule has 1 amide bonds. The summed E-state index contributed by atoms with van der Waals surface area (Å²) in [5, 5.41) is 8.10. The standard InChI is InChI=1S/C18H18N4O2S/c1-12-9-22(16(23)8-13-4-7-25-11-13)10-15(12)18-20-17(21-24-18)14-2-5-19-6-3-14/h2-7,11-12,15H,8-10H2,1H3/t12-,15-/m1/s1. The summed E-state index contributed by atoms with van der Waals surface area (Å²) in [4.78, 5) is 23.0. The van der Waals surface area contributed by atoms with Crippen molar-refractivity contribution in [2.45, 2.75) is 19.3 Å². The number of carbonyl (C=O) groups excluding carboxylic acids is 1. The Morgan fingerprint density at radius 2 is 2.16 bits per heavy atom. The molecule has 0 radical (unpaired) electrons. The molecule has 25 heavy (non-hydrogen) atoms. The highest BCUT2D eigenvalue weighted by Gasteiger charge is 2.36. The van der Waals surface area contributed by atoms with Gasteiger partial charge in [-0.3, -0.25) is 9.78 Å². The smallest absolute Gasteiger partial charge is 0.232 e.